The van der Waals surface area contributed by atoms with Crippen molar-refractivity contribution in [3.8, 4) is 0 Å². The van der Waals surface area contributed by atoms with Crippen LogP contribution in [0.5, 0.6) is 0 Å². The van der Waals surface area contributed by atoms with Gasteiger partial charge in [-0.15, -0.1) is 35.7 Å². The highest BCUT2D eigenvalue weighted by Crippen LogP contribution is 2.25. The first-order chi connectivity index (χ1) is 10.7. The number of carbonyl (C=O) groups excluding carboxylic acids is 1. The smallest absolute Gasteiger partial charge is 0.239 e. The molecule has 0 saturated carbocycles. The molecule has 1 fully saturated rings. The Kier molecular flexibility index (Phi) is 9.39. The van der Waals surface area contributed by atoms with Gasteiger partial charge in [0, 0.05) is 37.8 Å². The van der Waals surface area contributed by atoms with Crippen LogP contribution in [0.3, 0.4) is 0 Å². The molecule has 1 atom stereocenters. The van der Waals surface area contributed by atoms with Crippen molar-refractivity contribution in [3.63, 3.8) is 0 Å². The molecule has 0 spiro atoms. The molecular formula is C16H25IN4OS. The second-order valence-corrected chi connectivity index (χ2v) is 6.39. The number of nitrogens with one attached hydrogen (secondary N) is 2. The van der Waals surface area contributed by atoms with Crippen LogP contribution >= 0.6 is 35.7 Å². The summed E-state index contributed by atoms with van der Waals surface area (Å²) in [5, 5.41) is 5.72. The summed E-state index contributed by atoms with van der Waals surface area (Å²) in [6.07, 6.45) is 1.17. The lowest BCUT2D eigenvalue weighted by Gasteiger charge is -2.21. The Balaban J connectivity index is 0.00000264. The van der Waals surface area contributed by atoms with Crippen LogP contribution in [-0.4, -0.2) is 56.2 Å². The van der Waals surface area contributed by atoms with Crippen LogP contribution < -0.4 is 10.6 Å². The lowest BCUT2D eigenvalue weighted by molar-refractivity contribution is -0.119. The molecule has 0 aromatic heterocycles. The molecule has 2 N–H and O–H groups in total. The van der Waals surface area contributed by atoms with Gasteiger partial charge in [-0.05, 0) is 24.5 Å². The van der Waals surface area contributed by atoms with E-state index in [9.17, 15) is 4.79 Å². The zero-order valence-corrected chi connectivity index (χ0v) is 16.8. The molecule has 1 heterocycles. The van der Waals surface area contributed by atoms with Gasteiger partial charge in [0.15, 0.2) is 5.96 Å². The van der Waals surface area contributed by atoms with Crippen LogP contribution in [0.1, 0.15) is 6.42 Å². The molecule has 0 bridgehead atoms. The zero-order chi connectivity index (χ0) is 15.8. The van der Waals surface area contributed by atoms with Crippen LogP contribution in [0.25, 0.3) is 0 Å². The molecule has 1 unspecified atom stereocenters. The monoisotopic (exact) mass is 448 g/mol. The number of hydrogen-bond donors (Lipinski definition) is 2. The summed E-state index contributed by atoms with van der Waals surface area (Å²) < 4.78 is 0. The molecule has 7 heteroatoms. The summed E-state index contributed by atoms with van der Waals surface area (Å²) in [5.41, 5.74) is 0. The topological polar surface area (TPSA) is 56.7 Å². The van der Waals surface area contributed by atoms with E-state index in [0.717, 1.165) is 24.8 Å². The van der Waals surface area contributed by atoms with E-state index in [2.05, 4.69) is 44.8 Å². The van der Waals surface area contributed by atoms with E-state index >= 15 is 0 Å². The highest BCUT2D eigenvalue weighted by molar-refractivity contribution is 14.0. The van der Waals surface area contributed by atoms with E-state index in [0.29, 0.717) is 5.92 Å². The Labute approximate surface area is 159 Å². The van der Waals surface area contributed by atoms with Gasteiger partial charge in [0.25, 0.3) is 0 Å². The third-order valence-electron chi connectivity index (χ3n) is 3.71. The molecule has 1 aromatic rings. The number of halogens is 1. The number of likely N-dealkylation sites (tertiary alicyclic amines) is 1. The highest BCUT2D eigenvalue weighted by atomic mass is 127. The molecule has 0 aliphatic carbocycles. The number of guanidine groups is 1. The Morgan fingerprint density at radius 3 is 2.78 bits per heavy atom. The Morgan fingerprint density at radius 2 is 2.13 bits per heavy atom. The number of rotatable bonds is 5. The Morgan fingerprint density at radius 1 is 1.39 bits per heavy atom. The number of hydrogen-bond acceptors (Lipinski definition) is 3. The van der Waals surface area contributed by atoms with Gasteiger partial charge in [-0.3, -0.25) is 9.79 Å². The fraction of sp³-hybridized carbons (Fsp3) is 0.500. The average molecular weight is 448 g/mol. The van der Waals surface area contributed by atoms with Crippen LogP contribution in [-0.2, 0) is 4.79 Å². The lowest BCUT2D eigenvalue weighted by Crippen LogP contribution is -2.44. The minimum atomic E-state index is -0.0310. The van der Waals surface area contributed by atoms with Gasteiger partial charge < -0.3 is 15.5 Å². The SMILES string of the molecule is CN=C(NCC(=O)NC)N1CCC(CSc2ccccc2)C1.I. The zero-order valence-electron chi connectivity index (χ0n) is 13.6. The lowest BCUT2D eigenvalue weighted by atomic mass is 10.2. The molecule has 5 nitrogen and oxygen atoms in total. The van der Waals surface area contributed by atoms with Gasteiger partial charge in [0.1, 0.15) is 0 Å². The second kappa shape index (κ2) is 10.7. The van der Waals surface area contributed by atoms with Crippen molar-refractivity contribution in [1.82, 2.24) is 15.5 Å². The molecular weight excluding hydrogens is 423 g/mol. The molecule has 0 radical (unpaired) electrons. The predicted molar refractivity (Wildman–Crippen MR) is 108 cm³/mol. The fourth-order valence-corrected chi connectivity index (χ4v) is 3.52. The summed E-state index contributed by atoms with van der Waals surface area (Å²) in [6.45, 7) is 2.25. The molecule has 1 amide bonds. The third kappa shape index (κ3) is 6.58. The van der Waals surface area contributed by atoms with Gasteiger partial charge in [0.05, 0.1) is 6.54 Å². The molecule has 1 aliphatic heterocycles. The van der Waals surface area contributed by atoms with Crippen molar-refractivity contribution in [2.24, 2.45) is 10.9 Å². The average Bonchev–Trinajstić information content (AvgIpc) is 3.03. The maximum absolute atomic E-state index is 11.3. The first kappa shape index (κ1) is 20.1. The summed E-state index contributed by atoms with van der Waals surface area (Å²) in [5.74, 6) is 2.56. The van der Waals surface area contributed by atoms with Crippen LogP contribution in [0.15, 0.2) is 40.2 Å². The second-order valence-electron chi connectivity index (χ2n) is 5.30. The molecule has 1 saturated heterocycles. The van der Waals surface area contributed by atoms with Gasteiger partial charge >= 0.3 is 0 Å². The van der Waals surface area contributed by atoms with Crippen molar-refractivity contribution < 1.29 is 4.79 Å². The van der Waals surface area contributed by atoms with E-state index < -0.39 is 0 Å². The van der Waals surface area contributed by atoms with Crippen molar-refractivity contribution >= 4 is 47.6 Å². The first-order valence-corrected chi connectivity index (χ1v) is 8.55. The number of amides is 1. The number of benzene rings is 1. The van der Waals surface area contributed by atoms with Crippen LogP contribution in [0.2, 0.25) is 0 Å². The van der Waals surface area contributed by atoms with Crippen LogP contribution in [0, 0.1) is 5.92 Å². The maximum Gasteiger partial charge on any atom is 0.239 e. The standard InChI is InChI=1S/C16H24N4OS.HI/c1-17-15(21)10-19-16(18-2)20-9-8-13(11-20)12-22-14-6-4-3-5-7-14;/h3-7,13H,8-12H2,1-2H3,(H,17,21)(H,18,19);1H. The fourth-order valence-electron chi connectivity index (χ4n) is 2.47. The highest BCUT2D eigenvalue weighted by Gasteiger charge is 2.25. The van der Waals surface area contributed by atoms with E-state index in [4.69, 9.17) is 0 Å². The summed E-state index contributed by atoms with van der Waals surface area (Å²) in [6, 6.07) is 10.5. The normalized spacial score (nSPS) is 17.6. The van der Waals surface area contributed by atoms with Crippen molar-refractivity contribution in [3.05, 3.63) is 30.3 Å². The van der Waals surface area contributed by atoms with Gasteiger partial charge in [0.2, 0.25) is 5.91 Å². The Bertz CT molecular complexity index is 512. The van der Waals surface area contributed by atoms with Crippen molar-refractivity contribution in [2.45, 2.75) is 11.3 Å². The number of nitrogens with zero attached hydrogens (tertiary/aromatic N) is 2. The van der Waals surface area contributed by atoms with E-state index in [1.54, 1.807) is 14.1 Å². The first-order valence-electron chi connectivity index (χ1n) is 7.57. The number of likely N-dealkylation sites (N-methyl/N-ethyl adjacent to an activating group) is 1. The molecule has 23 heavy (non-hydrogen) atoms. The summed E-state index contributed by atoms with van der Waals surface area (Å²) in [4.78, 5) is 19.2. The third-order valence-corrected chi connectivity index (χ3v) is 4.96. The summed E-state index contributed by atoms with van der Waals surface area (Å²) in [7, 11) is 3.40. The molecule has 1 aromatic carbocycles. The largest absolute Gasteiger partial charge is 0.358 e. The van der Waals surface area contributed by atoms with E-state index in [1.807, 2.05) is 17.8 Å². The molecule has 1 aliphatic rings. The maximum atomic E-state index is 11.3. The molecule has 128 valence electrons. The quantitative estimate of drug-likeness (QED) is 0.313. The minimum Gasteiger partial charge on any atom is -0.358 e. The van der Waals surface area contributed by atoms with Crippen molar-refractivity contribution in [2.75, 3.05) is 39.5 Å². The predicted octanol–water partition coefficient (Wildman–Crippen LogP) is 2.04. The van der Waals surface area contributed by atoms with E-state index in [1.165, 1.54) is 11.3 Å². The van der Waals surface area contributed by atoms with Crippen molar-refractivity contribution in [1.29, 1.82) is 0 Å². The van der Waals surface area contributed by atoms with E-state index in [-0.39, 0.29) is 36.4 Å². The van der Waals surface area contributed by atoms with Crippen LogP contribution in [0.4, 0.5) is 0 Å². The molecule has 2 rings (SSSR count). The summed E-state index contributed by atoms with van der Waals surface area (Å²) >= 11 is 1.91. The number of thioether (sulfide) groups is 1. The minimum absolute atomic E-state index is 0. The Hall–Kier alpha value is -0.960. The van der Waals surface area contributed by atoms with Gasteiger partial charge in [-0.1, -0.05) is 18.2 Å². The number of carbonyl (C=O) groups is 1. The van der Waals surface area contributed by atoms with Gasteiger partial charge in [-0.2, -0.15) is 0 Å². The van der Waals surface area contributed by atoms with Gasteiger partial charge in [-0.25, -0.2) is 0 Å². The number of aliphatic imine (C=N–C) groups is 1.